The molecular formula is C30H44N4O4S. The molecule has 1 aromatic carbocycles. The lowest BCUT2D eigenvalue weighted by Crippen LogP contribution is -2.57. The number of nitrogens with zero attached hydrogens (tertiary/aromatic N) is 2. The molecule has 1 saturated heterocycles. The maximum absolute atomic E-state index is 13.7. The number of carbonyl (C=O) groups excluding carboxylic acids is 3. The van der Waals surface area contributed by atoms with Crippen LogP contribution in [0.2, 0.25) is 0 Å². The van der Waals surface area contributed by atoms with Crippen molar-refractivity contribution in [2.24, 2.45) is 10.8 Å². The maximum atomic E-state index is 13.7. The summed E-state index contributed by atoms with van der Waals surface area (Å²) in [5.74, 6) is -0.968. The first-order chi connectivity index (χ1) is 18.1. The highest BCUT2D eigenvalue weighted by atomic mass is 32.1. The number of amides is 3. The number of nitrogens with one attached hydrogen (secondary N) is 2. The number of likely N-dealkylation sites (tertiary alicyclic amines) is 1. The van der Waals surface area contributed by atoms with Crippen LogP contribution in [-0.2, 0) is 14.4 Å². The zero-order valence-electron chi connectivity index (χ0n) is 24.5. The van der Waals surface area contributed by atoms with E-state index in [0.717, 1.165) is 34.5 Å². The number of aromatic nitrogens is 1. The van der Waals surface area contributed by atoms with Crippen LogP contribution >= 0.6 is 11.3 Å². The summed E-state index contributed by atoms with van der Waals surface area (Å²) >= 11 is 1.60. The molecule has 4 atom stereocenters. The van der Waals surface area contributed by atoms with E-state index in [9.17, 15) is 19.5 Å². The summed E-state index contributed by atoms with van der Waals surface area (Å²) in [6.07, 6.45) is 0.966. The summed E-state index contributed by atoms with van der Waals surface area (Å²) < 4.78 is 0. The van der Waals surface area contributed by atoms with Gasteiger partial charge in [-0.15, -0.1) is 11.3 Å². The van der Waals surface area contributed by atoms with Crippen LogP contribution in [0.25, 0.3) is 10.4 Å². The monoisotopic (exact) mass is 556 g/mol. The molecule has 2 heterocycles. The van der Waals surface area contributed by atoms with Crippen LogP contribution in [0.15, 0.2) is 29.8 Å². The molecule has 0 aliphatic carbocycles. The van der Waals surface area contributed by atoms with Crippen molar-refractivity contribution in [1.29, 1.82) is 0 Å². The average Bonchev–Trinajstić information content (AvgIpc) is 3.44. The van der Waals surface area contributed by atoms with E-state index in [1.54, 1.807) is 11.3 Å². The van der Waals surface area contributed by atoms with Crippen molar-refractivity contribution in [3.05, 3.63) is 41.0 Å². The summed E-state index contributed by atoms with van der Waals surface area (Å²) in [6, 6.07) is 6.32. The molecule has 9 heteroatoms. The van der Waals surface area contributed by atoms with Crippen molar-refractivity contribution in [2.75, 3.05) is 6.54 Å². The van der Waals surface area contributed by atoms with Crippen molar-refractivity contribution in [2.45, 2.75) is 98.9 Å². The fourth-order valence-corrected chi connectivity index (χ4v) is 5.75. The molecule has 3 amide bonds. The van der Waals surface area contributed by atoms with Crippen LogP contribution < -0.4 is 10.6 Å². The highest BCUT2D eigenvalue weighted by Gasteiger charge is 2.44. The standard InChI is InChI=1S/C30H44N4O4S/c1-18-25(39-17-31-18)21-11-9-20(10-12-21)23(13-14-29(3,4)5)33-27(37)24-15-22(36)16-34(24)28(38)26(30(6,7)8)32-19(2)35/h9-12,17,22-24,26,36H,13-16H2,1-8H3,(H,32,35)(H,33,37)/t22-,23+,24+,26-/m1/s1. The van der Waals surface area contributed by atoms with E-state index in [2.05, 4.69) is 48.5 Å². The van der Waals surface area contributed by atoms with Gasteiger partial charge in [0.25, 0.3) is 0 Å². The fraction of sp³-hybridized carbons (Fsp3) is 0.600. The van der Waals surface area contributed by atoms with Crippen LogP contribution in [-0.4, -0.2) is 57.4 Å². The normalized spacial score (nSPS) is 19.5. The van der Waals surface area contributed by atoms with Gasteiger partial charge in [0.2, 0.25) is 17.7 Å². The lowest BCUT2D eigenvalue weighted by molar-refractivity contribution is -0.144. The van der Waals surface area contributed by atoms with E-state index >= 15 is 0 Å². The second-order valence-electron chi connectivity index (χ2n) is 12.9. The van der Waals surface area contributed by atoms with Gasteiger partial charge in [-0.2, -0.15) is 0 Å². The van der Waals surface area contributed by atoms with Crippen LogP contribution in [0.1, 0.15) is 85.0 Å². The maximum Gasteiger partial charge on any atom is 0.246 e. The zero-order valence-corrected chi connectivity index (χ0v) is 25.3. The number of carbonyl (C=O) groups is 3. The molecule has 39 heavy (non-hydrogen) atoms. The van der Waals surface area contributed by atoms with Gasteiger partial charge in [0.15, 0.2) is 0 Å². The topological polar surface area (TPSA) is 112 Å². The molecule has 1 aliphatic rings. The van der Waals surface area contributed by atoms with Crippen molar-refractivity contribution in [1.82, 2.24) is 20.5 Å². The highest BCUT2D eigenvalue weighted by molar-refractivity contribution is 7.13. The van der Waals surface area contributed by atoms with Crippen molar-refractivity contribution >= 4 is 29.1 Å². The van der Waals surface area contributed by atoms with E-state index in [1.165, 1.54) is 11.8 Å². The Kier molecular flexibility index (Phi) is 9.60. The third-order valence-corrected chi connectivity index (χ3v) is 8.12. The molecule has 3 N–H and O–H groups in total. The Bertz CT molecular complexity index is 1160. The second kappa shape index (κ2) is 12.2. The number of aliphatic hydroxyl groups is 1. The number of aliphatic hydroxyl groups excluding tert-OH is 1. The number of rotatable bonds is 8. The number of aryl methyl sites for hydroxylation is 1. The first-order valence-corrected chi connectivity index (χ1v) is 14.5. The lowest BCUT2D eigenvalue weighted by Gasteiger charge is -2.35. The van der Waals surface area contributed by atoms with E-state index in [-0.39, 0.29) is 42.1 Å². The molecule has 8 nitrogen and oxygen atoms in total. The minimum atomic E-state index is -0.817. The molecule has 0 saturated carbocycles. The van der Waals surface area contributed by atoms with Gasteiger partial charge < -0.3 is 20.6 Å². The molecule has 0 spiro atoms. The van der Waals surface area contributed by atoms with Crippen LogP contribution in [0.3, 0.4) is 0 Å². The molecule has 214 valence electrons. The number of benzene rings is 1. The second-order valence-corrected chi connectivity index (χ2v) is 13.8. The molecular weight excluding hydrogens is 512 g/mol. The Balaban J connectivity index is 1.85. The molecule has 2 aromatic rings. The molecule has 0 radical (unpaired) electrons. The van der Waals surface area contributed by atoms with E-state index in [1.807, 2.05) is 45.3 Å². The fourth-order valence-electron chi connectivity index (χ4n) is 4.94. The van der Waals surface area contributed by atoms with Gasteiger partial charge in [-0.05, 0) is 41.7 Å². The third kappa shape index (κ3) is 8.11. The molecule has 1 aliphatic heterocycles. The van der Waals surface area contributed by atoms with Crippen LogP contribution in [0.5, 0.6) is 0 Å². The summed E-state index contributed by atoms with van der Waals surface area (Å²) in [6.45, 7) is 15.5. The molecule has 0 bridgehead atoms. The molecule has 3 rings (SSSR count). The third-order valence-electron chi connectivity index (χ3n) is 7.15. The van der Waals surface area contributed by atoms with Crippen molar-refractivity contribution < 1.29 is 19.5 Å². The van der Waals surface area contributed by atoms with Gasteiger partial charge in [0.05, 0.1) is 28.2 Å². The Morgan fingerprint density at radius 1 is 1.10 bits per heavy atom. The van der Waals surface area contributed by atoms with Crippen LogP contribution in [0, 0.1) is 17.8 Å². The predicted octanol–water partition coefficient (Wildman–Crippen LogP) is 4.61. The highest BCUT2D eigenvalue weighted by Crippen LogP contribution is 2.32. The average molecular weight is 557 g/mol. The van der Waals surface area contributed by atoms with E-state index < -0.39 is 23.6 Å². The SMILES string of the molecule is CC(=O)N[C@H](C(=O)N1C[C@H](O)C[C@H]1C(=O)N[C@@H](CCC(C)(C)C)c1ccc(-c2scnc2C)cc1)C(C)(C)C. The first-order valence-electron chi connectivity index (χ1n) is 13.6. The smallest absolute Gasteiger partial charge is 0.246 e. The summed E-state index contributed by atoms with van der Waals surface area (Å²) in [4.78, 5) is 46.1. The summed E-state index contributed by atoms with van der Waals surface area (Å²) in [7, 11) is 0. The summed E-state index contributed by atoms with van der Waals surface area (Å²) in [5, 5.41) is 16.4. The molecule has 0 unspecified atom stereocenters. The quantitative estimate of drug-likeness (QED) is 0.440. The number of hydrogen-bond acceptors (Lipinski definition) is 6. The zero-order chi connectivity index (χ0) is 29.1. The number of thiazole rings is 1. The van der Waals surface area contributed by atoms with E-state index in [4.69, 9.17) is 0 Å². The van der Waals surface area contributed by atoms with Crippen molar-refractivity contribution in [3.8, 4) is 10.4 Å². The van der Waals surface area contributed by atoms with Gasteiger partial charge in [0.1, 0.15) is 12.1 Å². The molecule has 1 aromatic heterocycles. The van der Waals surface area contributed by atoms with Gasteiger partial charge >= 0.3 is 0 Å². The van der Waals surface area contributed by atoms with Gasteiger partial charge in [-0.1, -0.05) is 65.8 Å². The van der Waals surface area contributed by atoms with E-state index in [0.29, 0.717) is 0 Å². The first kappa shape index (κ1) is 30.8. The van der Waals surface area contributed by atoms with Gasteiger partial charge in [-0.25, -0.2) is 4.98 Å². The Morgan fingerprint density at radius 3 is 2.26 bits per heavy atom. The Hall–Kier alpha value is -2.78. The summed E-state index contributed by atoms with van der Waals surface area (Å²) in [5.41, 5.74) is 4.41. The Morgan fingerprint density at radius 2 is 1.74 bits per heavy atom. The minimum absolute atomic E-state index is 0.0542. The predicted molar refractivity (Wildman–Crippen MR) is 155 cm³/mol. The number of β-amino-alcohol motifs (C(OH)–C–C–N with tert-alkyl or cyclic N) is 1. The molecule has 1 fully saturated rings. The van der Waals surface area contributed by atoms with Gasteiger partial charge in [0, 0.05) is 19.9 Å². The van der Waals surface area contributed by atoms with Crippen molar-refractivity contribution in [3.63, 3.8) is 0 Å². The largest absolute Gasteiger partial charge is 0.391 e. The lowest BCUT2D eigenvalue weighted by atomic mass is 9.85. The van der Waals surface area contributed by atoms with Crippen LogP contribution in [0.4, 0.5) is 0 Å². The minimum Gasteiger partial charge on any atom is -0.391 e. The Labute approximate surface area is 236 Å². The van der Waals surface area contributed by atoms with Gasteiger partial charge in [-0.3, -0.25) is 14.4 Å². The number of hydrogen-bond donors (Lipinski definition) is 3.